The zero-order chi connectivity index (χ0) is 15.2. The minimum absolute atomic E-state index is 0.0211. The van der Waals surface area contributed by atoms with Crippen molar-refractivity contribution in [3.8, 4) is 0 Å². The van der Waals surface area contributed by atoms with E-state index in [4.69, 9.17) is 0 Å². The van der Waals surface area contributed by atoms with Crippen molar-refractivity contribution in [1.29, 1.82) is 0 Å². The number of aromatic amines is 1. The van der Waals surface area contributed by atoms with Crippen molar-refractivity contribution in [2.24, 2.45) is 0 Å². The Labute approximate surface area is 127 Å². The molecule has 0 aliphatic carbocycles. The standard InChI is InChI=1S/C14H17FN4OS/c1-3-12-16-14(18-17-12)21-9-13(20)19(2)8-10-4-6-11(15)7-5-10/h4-7H,3,8-9H2,1-2H3,(H,16,17,18). The third-order valence-electron chi connectivity index (χ3n) is 2.93. The molecule has 0 saturated carbocycles. The number of carbonyl (C=O) groups is 1. The average Bonchev–Trinajstić information content (AvgIpc) is 2.95. The van der Waals surface area contributed by atoms with Gasteiger partial charge in [-0.05, 0) is 17.7 Å². The number of nitrogens with zero attached hydrogens (tertiary/aromatic N) is 3. The summed E-state index contributed by atoms with van der Waals surface area (Å²) in [7, 11) is 1.72. The van der Waals surface area contributed by atoms with E-state index in [0.717, 1.165) is 17.8 Å². The summed E-state index contributed by atoms with van der Waals surface area (Å²) in [6.07, 6.45) is 0.784. The molecule has 1 aromatic heterocycles. The third kappa shape index (κ3) is 4.56. The lowest BCUT2D eigenvalue weighted by Gasteiger charge is -2.16. The number of hydrogen-bond acceptors (Lipinski definition) is 4. The summed E-state index contributed by atoms with van der Waals surface area (Å²) in [5.74, 6) is 0.787. The van der Waals surface area contributed by atoms with Crippen LogP contribution in [0.5, 0.6) is 0 Å². The number of halogens is 1. The molecule has 7 heteroatoms. The SMILES string of the molecule is CCc1nc(SCC(=O)N(C)Cc2ccc(F)cc2)n[nH]1. The highest BCUT2D eigenvalue weighted by Crippen LogP contribution is 2.14. The Morgan fingerprint density at radius 1 is 1.38 bits per heavy atom. The zero-order valence-electron chi connectivity index (χ0n) is 12.0. The summed E-state index contributed by atoms with van der Waals surface area (Å²) in [6, 6.07) is 6.13. The summed E-state index contributed by atoms with van der Waals surface area (Å²) >= 11 is 1.30. The average molecular weight is 308 g/mol. The Balaban J connectivity index is 1.83. The predicted molar refractivity (Wildman–Crippen MR) is 79.4 cm³/mol. The number of thioether (sulfide) groups is 1. The van der Waals surface area contributed by atoms with Crippen LogP contribution in [0.4, 0.5) is 4.39 Å². The van der Waals surface area contributed by atoms with Gasteiger partial charge in [0.25, 0.3) is 0 Å². The maximum absolute atomic E-state index is 12.8. The molecule has 1 N–H and O–H groups in total. The smallest absolute Gasteiger partial charge is 0.233 e. The molecule has 0 radical (unpaired) electrons. The quantitative estimate of drug-likeness (QED) is 0.832. The van der Waals surface area contributed by atoms with Crippen LogP contribution in [-0.4, -0.2) is 38.8 Å². The van der Waals surface area contributed by atoms with E-state index in [2.05, 4.69) is 15.2 Å². The van der Waals surface area contributed by atoms with Crippen molar-refractivity contribution >= 4 is 17.7 Å². The van der Waals surface area contributed by atoms with Crippen LogP contribution >= 0.6 is 11.8 Å². The van der Waals surface area contributed by atoms with E-state index in [-0.39, 0.29) is 17.5 Å². The molecule has 0 spiro atoms. The molecule has 0 atom stereocenters. The zero-order valence-corrected chi connectivity index (χ0v) is 12.8. The van der Waals surface area contributed by atoms with Gasteiger partial charge in [0.1, 0.15) is 11.6 Å². The maximum atomic E-state index is 12.8. The first-order valence-electron chi connectivity index (χ1n) is 6.61. The summed E-state index contributed by atoms with van der Waals surface area (Å²) in [4.78, 5) is 17.9. The van der Waals surface area contributed by atoms with Crippen molar-refractivity contribution in [3.63, 3.8) is 0 Å². The predicted octanol–water partition coefficient (Wildman–Crippen LogP) is 2.26. The van der Waals surface area contributed by atoms with Gasteiger partial charge in [0.15, 0.2) is 0 Å². The normalized spacial score (nSPS) is 10.6. The van der Waals surface area contributed by atoms with Crippen molar-refractivity contribution in [2.45, 2.75) is 25.0 Å². The summed E-state index contributed by atoms with van der Waals surface area (Å²) in [6.45, 7) is 2.43. The Kier molecular flexibility index (Phi) is 5.32. The molecule has 2 rings (SSSR count). The molecule has 21 heavy (non-hydrogen) atoms. The van der Waals surface area contributed by atoms with E-state index in [1.54, 1.807) is 24.1 Å². The number of carbonyl (C=O) groups excluding carboxylic acids is 1. The van der Waals surface area contributed by atoms with Crippen LogP contribution in [0, 0.1) is 5.82 Å². The van der Waals surface area contributed by atoms with E-state index < -0.39 is 0 Å². The van der Waals surface area contributed by atoms with Crippen LogP contribution < -0.4 is 0 Å². The van der Waals surface area contributed by atoms with Crippen LogP contribution in [0.2, 0.25) is 0 Å². The van der Waals surface area contributed by atoms with Gasteiger partial charge in [-0.3, -0.25) is 9.89 Å². The lowest BCUT2D eigenvalue weighted by Crippen LogP contribution is -2.27. The van der Waals surface area contributed by atoms with Crippen molar-refractivity contribution < 1.29 is 9.18 Å². The highest BCUT2D eigenvalue weighted by Gasteiger charge is 2.12. The van der Waals surface area contributed by atoms with Crippen LogP contribution in [0.15, 0.2) is 29.4 Å². The number of H-pyrrole nitrogens is 1. The van der Waals surface area contributed by atoms with Gasteiger partial charge in [-0.2, -0.15) is 0 Å². The fourth-order valence-corrected chi connectivity index (χ4v) is 2.45. The number of aromatic nitrogens is 3. The molecular formula is C14H17FN4OS. The van der Waals surface area contributed by atoms with Crippen LogP contribution in [0.25, 0.3) is 0 Å². The van der Waals surface area contributed by atoms with Crippen LogP contribution in [-0.2, 0) is 17.8 Å². The minimum atomic E-state index is -0.278. The van der Waals surface area contributed by atoms with Gasteiger partial charge < -0.3 is 4.90 Å². The molecule has 1 heterocycles. The Morgan fingerprint density at radius 3 is 2.71 bits per heavy atom. The fourth-order valence-electron chi connectivity index (χ4n) is 1.69. The van der Waals surface area contributed by atoms with E-state index in [1.807, 2.05) is 6.92 Å². The lowest BCUT2D eigenvalue weighted by molar-refractivity contribution is -0.127. The maximum Gasteiger partial charge on any atom is 0.233 e. The fraction of sp³-hybridized carbons (Fsp3) is 0.357. The third-order valence-corrected chi connectivity index (χ3v) is 3.76. The Hall–Kier alpha value is -1.89. The highest BCUT2D eigenvalue weighted by atomic mass is 32.2. The van der Waals surface area contributed by atoms with Crippen molar-refractivity contribution in [3.05, 3.63) is 41.5 Å². The van der Waals surface area contributed by atoms with Gasteiger partial charge in [0.2, 0.25) is 11.1 Å². The number of aryl methyl sites for hydroxylation is 1. The monoisotopic (exact) mass is 308 g/mol. The summed E-state index contributed by atoms with van der Waals surface area (Å²) in [5.41, 5.74) is 0.892. The van der Waals surface area contributed by atoms with Gasteiger partial charge >= 0.3 is 0 Å². The van der Waals surface area contributed by atoms with Crippen molar-refractivity contribution in [2.75, 3.05) is 12.8 Å². The largest absolute Gasteiger partial charge is 0.341 e. The summed E-state index contributed by atoms with van der Waals surface area (Å²) in [5, 5.41) is 7.42. The molecule has 2 aromatic rings. The van der Waals surface area contributed by atoms with E-state index in [0.29, 0.717) is 11.7 Å². The first kappa shape index (κ1) is 15.5. The molecule has 0 bridgehead atoms. The summed E-state index contributed by atoms with van der Waals surface area (Å²) < 4.78 is 12.8. The van der Waals surface area contributed by atoms with Gasteiger partial charge in [-0.15, -0.1) is 5.10 Å². The second kappa shape index (κ2) is 7.21. The second-order valence-electron chi connectivity index (χ2n) is 4.58. The van der Waals surface area contributed by atoms with E-state index >= 15 is 0 Å². The lowest BCUT2D eigenvalue weighted by atomic mass is 10.2. The molecule has 0 aliphatic rings. The topological polar surface area (TPSA) is 61.9 Å². The molecule has 1 amide bonds. The Bertz CT molecular complexity index is 599. The van der Waals surface area contributed by atoms with Gasteiger partial charge in [0.05, 0.1) is 5.75 Å². The first-order chi connectivity index (χ1) is 10.1. The Morgan fingerprint density at radius 2 is 2.10 bits per heavy atom. The van der Waals surface area contributed by atoms with Gasteiger partial charge in [0, 0.05) is 20.0 Å². The van der Waals surface area contributed by atoms with Gasteiger partial charge in [-0.25, -0.2) is 9.37 Å². The number of benzene rings is 1. The number of amides is 1. The number of hydrogen-bond donors (Lipinski definition) is 1. The van der Waals surface area contributed by atoms with E-state index in [1.165, 1.54) is 23.9 Å². The number of rotatable bonds is 6. The highest BCUT2D eigenvalue weighted by molar-refractivity contribution is 7.99. The van der Waals surface area contributed by atoms with E-state index in [9.17, 15) is 9.18 Å². The molecule has 0 unspecified atom stereocenters. The van der Waals surface area contributed by atoms with Crippen molar-refractivity contribution in [1.82, 2.24) is 20.1 Å². The number of nitrogens with one attached hydrogen (secondary N) is 1. The molecule has 5 nitrogen and oxygen atoms in total. The van der Waals surface area contributed by atoms with Crippen LogP contribution in [0.3, 0.4) is 0 Å². The second-order valence-corrected chi connectivity index (χ2v) is 5.53. The van der Waals surface area contributed by atoms with Gasteiger partial charge in [-0.1, -0.05) is 30.8 Å². The molecular weight excluding hydrogens is 291 g/mol. The molecule has 112 valence electrons. The van der Waals surface area contributed by atoms with Crippen LogP contribution in [0.1, 0.15) is 18.3 Å². The molecule has 0 saturated heterocycles. The molecule has 0 fully saturated rings. The first-order valence-corrected chi connectivity index (χ1v) is 7.59. The molecule has 1 aromatic carbocycles. The molecule has 0 aliphatic heterocycles. The minimum Gasteiger partial charge on any atom is -0.341 e.